The van der Waals surface area contributed by atoms with Crippen molar-refractivity contribution in [1.82, 2.24) is 0 Å². The first-order valence-electron chi connectivity index (χ1n) is 5.41. The van der Waals surface area contributed by atoms with Crippen molar-refractivity contribution >= 4 is 44.8 Å². The summed E-state index contributed by atoms with van der Waals surface area (Å²) >= 11 is 5.46. The van der Waals surface area contributed by atoms with Gasteiger partial charge in [-0.15, -0.1) is 0 Å². The van der Waals surface area contributed by atoms with E-state index in [1.54, 1.807) is 24.3 Å². The van der Waals surface area contributed by atoms with Crippen molar-refractivity contribution in [3.05, 3.63) is 61.4 Å². The van der Waals surface area contributed by atoms with Gasteiger partial charge in [0.1, 0.15) is 24.5 Å². The van der Waals surface area contributed by atoms with Crippen LogP contribution < -0.4 is 4.74 Å². The molecule has 5 heteroatoms. The monoisotopic (exact) mass is 434 g/mol. The number of aldehydes is 1. The third-order valence-electron chi connectivity index (χ3n) is 2.43. The zero-order chi connectivity index (χ0) is 13.8. The number of halogens is 3. The van der Waals surface area contributed by atoms with E-state index in [2.05, 4.69) is 38.5 Å². The van der Waals surface area contributed by atoms with Gasteiger partial charge in [0.15, 0.2) is 0 Å². The van der Waals surface area contributed by atoms with Crippen LogP contribution in [0.15, 0.2) is 40.9 Å². The molecule has 98 valence electrons. The second-order valence-electron chi connectivity index (χ2n) is 3.85. The van der Waals surface area contributed by atoms with Crippen LogP contribution >= 0.6 is 38.5 Å². The summed E-state index contributed by atoms with van der Waals surface area (Å²) in [6.07, 6.45) is 0.781. The molecule has 0 aliphatic carbocycles. The van der Waals surface area contributed by atoms with E-state index in [1.165, 1.54) is 12.1 Å². The average Bonchev–Trinajstić information content (AvgIpc) is 2.37. The van der Waals surface area contributed by atoms with E-state index in [4.69, 9.17) is 4.74 Å². The number of carbonyl (C=O) groups excluding carboxylic acids is 1. The minimum absolute atomic E-state index is 0.271. The van der Waals surface area contributed by atoms with Crippen molar-refractivity contribution in [2.45, 2.75) is 6.61 Å². The van der Waals surface area contributed by atoms with E-state index >= 15 is 0 Å². The Balaban J connectivity index is 2.18. The molecule has 0 saturated carbocycles. The molecule has 0 bridgehead atoms. The maximum Gasteiger partial charge on any atom is 0.150 e. The molecular formula is C14H9BrFIO2. The minimum atomic E-state index is -0.286. The number of rotatable bonds is 4. The van der Waals surface area contributed by atoms with Gasteiger partial charge in [-0.25, -0.2) is 4.39 Å². The van der Waals surface area contributed by atoms with Gasteiger partial charge in [-0.2, -0.15) is 0 Å². The third-order valence-corrected chi connectivity index (χ3v) is 3.82. The van der Waals surface area contributed by atoms with Gasteiger partial charge in [0.25, 0.3) is 0 Å². The van der Waals surface area contributed by atoms with Crippen LogP contribution in [-0.2, 0) is 6.61 Å². The molecule has 0 atom stereocenters. The van der Waals surface area contributed by atoms with Crippen molar-refractivity contribution in [1.29, 1.82) is 0 Å². The summed E-state index contributed by atoms with van der Waals surface area (Å²) in [6, 6.07) is 9.69. The lowest BCUT2D eigenvalue weighted by atomic mass is 10.2. The quantitative estimate of drug-likeness (QED) is 0.520. The van der Waals surface area contributed by atoms with E-state index in [-0.39, 0.29) is 12.4 Å². The molecule has 0 heterocycles. The first-order chi connectivity index (χ1) is 9.10. The largest absolute Gasteiger partial charge is 0.487 e. The number of hydrogen-bond acceptors (Lipinski definition) is 2. The van der Waals surface area contributed by atoms with Gasteiger partial charge in [-0.1, -0.05) is 12.1 Å². The molecule has 0 fully saturated rings. The molecule has 0 unspecified atom stereocenters. The van der Waals surface area contributed by atoms with Crippen LogP contribution in [-0.4, -0.2) is 6.29 Å². The lowest BCUT2D eigenvalue weighted by molar-refractivity contribution is 0.112. The van der Waals surface area contributed by atoms with Crippen LogP contribution in [0, 0.1) is 9.39 Å². The van der Waals surface area contributed by atoms with Gasteiger partial charge >= 0.3 is 0 Å². The fourth-order valence-corrected chi connectivity index (χ4v) is 3.34. The molecule has 0 aliphatic rings. The second kappa shape index (κ2) is 6.47. The number of carbonyl (C=O) groups is 1. The summed E-state index contributed by atoms with van der Waals surface area (Å²) in [5.41, 5.74) is 1.33. The van der Waals surface area contributed by atoms with Crippen LogP contribution in [0.25, 0.3) is 0 Å². The van der Waals surface area contributed by atoms with Crippen molar-refractivity contribution < 1.29 is 13.9 Å². The molecule has 2 aromatic rings. The first-order valence-corrected chi connectivity index (χ1v) is 7.29. The smallest absolute Gasteiger partial charge is 0.150 e. The fraction of sp³-hybridized carbons (Fsp3) is 0.0714. The normalized spacial score (nSPS) is 10.3. The highest BCUT2D eigenvalue weighted by atomic mass is 127. The Bertz CT molecular complexity index is 593. The molecule has 0 aromatic heterocycles. The molecule has 0 radical (unpaired) electrons. The summed E-state index contributed by atoms with van der Waals surface area (Å²) in [5, 5.41) is 0. The Morgan fingerprint density at radius 3 is 2.74 bits per heavy atom. The number of benzene rings is 2. The van der Waals surface area contributed by atoms with Gasteiger partial charge in [-0.3, -0.25) is 4.79 Å². The molecule has 2 nitrogen and oxygen atoms in total. The lowest BCUT2D eigenvalue weighted by Gasteiger charge is -2.11. The van der Waals surface area contributed by atoms with Crippen LogP contribution in [0.5, 0.6) is 5.75 Å². The maximum absolute atomic E-state index is 13.0. The van der Waals surface area contributed by atoms with Crippen LogP contribution in [0.2, 0.25) is 0 Å². The second-order valence-corrected chi connectivity index (χ2v) is 5.87. The van der Waals surface area contributed by atoms with E-state index in [0.29, 0.717) is 15.8 Å². The molecular weight excluding hydrogens is 426 g/mol. The zero-order valence-electron chi connectivity index (χ0n) is 9.70. The summed E-state index contributed by atoms with van der Waals surface area (Å²) in [6.45, 7) is 0.271. The predicted octanol–water partition coefficient (Wildman–Crippen LogP) is 4.58. The molecule has 0 amide bonds. The lowest BCUT2D eigenvalue weighted by Crippen LogP contribution is -1.99. The standard InChI is InChI=1S/C14H9BrFIO2/c15-12-5-10(7-18)6-13(17)14(12)19-8-9-2-1-3-11(16)4-9/h1-7H,8H2. The van der Waals surface area contributed by atoms with E-state index < -0.39 is 0 Å². The predicted molar refractivity (Wildman–Crippen MR) is 83.0 cm³/mol. The topological polar surface area (TPSA) is 26.3 Å². The summed E-state index contributed by atoms with van der Waals surface area (Å²) in [7, 11) is 0. The van der Waals surface area contributed by atoms with E-state index in [9.17, 15) is 9.18 Å². The molecule has 2 aromatic carbocycles. The molecule has 0 aliphatic heterocycles. The fourth-order valence-electron chi connectivity index (χ4n) is 1.57. The van der Waals surface area contributed by atoms with Crippen molar-refractivity contribution in [3.63, 3.8) is 0 Å². The minimum Gasteiger partial charge on any atom is -0.487 e. The summed E-state index contributed by atoms with van der Waals surface area (Å²) in [5.74, 6) is 0.363. The molecule has 2 rings (SSSR count). The van der Waals surface area contributed by atoms with E-state index in [0.717, 1.165) is 15.4 Å². The van der Waals surface area contributed by atoms with Crippen LogP contribution in [0.3, 0.4) is 0 Å². The van der Waals surface area contributed by atoms with Crippen molar-refractivity contribution in [2.24, 2.45) is 0 Å². The number of ether oxygens (including phenoxy) is 1. The maximum atomic E-state index is 13.0. The molecule has 19 heavy (non-hydrogen) atoms. The molecule has 0 N–H and O–H groups in total. The Morgan fingerprint density at radius 2 is 2.11 bits per heavy atom. The number of hydrogen-bond donors (Lipinski definition) is 0. The van der Waals surface area contributed by atoms with Gasteiger partial charge in [0, 0.05) is 5.56 Å². The Morgan fingerprint density at radius 1 is 1.32 bits per heavy atom. The Labute approximate surface area is 132 Å². The van der Waals surface area contributed by atoms with Gasteiger partial charge in [-0.05, 0) is 68.3 Å². The highest BCUT2D eigenvalue weighted by Crippen LogP contribution is 2.32. The average molecular weight is 435 g/mol. The zero-order valence-corrected chi connectivity index (χ0v) is 13.4. The van der Waals surface area contributed by atoms with Crippen LogP contribution in [0.4, 0.5) is 4.39 Å². The van der Waals surface area contributed by atoms with E-state index in [1.807, 2.05) is 0 Å². The SMILES string of the molecule is O=Cc1cc(Br)c(OCc2cccc(F)c2)c(I)c1. The van der Waals surface area contributed by atoms with Crippen molar-refractivity contribution in [3.8, 4) is 5.75 Å². The van der Waals surface area contributed by atoms with Crippen LogP contribution in [0.1, 0.15) is 15.9 Å². The van der Waals surface area contributed by atoms with Crippen molar-refractivity contribution in [2.75, 3.05) is 0 Å². The third kappa shape index (κ3) is 3.76. The van der Waals surface area contributed by atoms with Gasteiger partial charge < -0.3 is 4.74 Å². The van der Waals surface area contributed by atoms with Gasteiger partial charge in [0.2, 0.25) is 0 Å². The Hall–Kier alpha value is -0.950. The molecule has 0 spiro atoms. The highest BCUT2D eigenvalue weighted by molar-refractivity contribution is 14.1. The summed E-state index contributed by atoms with van der Waals surface area (Å²) in [4.78, 5) is 10.7. The van der Waals surface area contributed by atoms with Gasteiger partial charge in [0.05, 0.1) is 8.04 Å². The first kappa shape index (κ1) is 14.5. The Kier molecular flexibility index (Phi) is 4.93. The molecule has 0 saturated heterocycles. The highest BCUT2D eigenvalue weighted by Gasteiger charge is 2.09. The summed E-state index contributed by atoms with van der Waals surface area (Å²) < 4.78 is 20.2.